The second kappa shape index (κ2) is 8.13. The molecule has 3 rings (SSSR count). The maximum atomic E-state index is 12.4. The van der Waals surface area contributed by atoms with Gasteiger partial charge in [0, 0.05) is 19.4 Å². The third-order valence-electron chi connectivity index (χ3n) is 4.76. The number of likely N-dealkylation sites (tertiary alicyclic amines) is 1. The molecule has 0 amide bonds. The zero-order chi connectivity index (χ0) is 20.3. The number of rotatable bonds is 7. The van der Waals surface area contributed by atoms with Crippen molar-refractivity contribution in [2.24, 2.45) is 0 Å². The molecule has 154 valence electrons. The van der Waals surface area contributed by atoms with Crippen molar-refractivity contribution in [2.75, 3.05) is 26.7 Å². The normalized spacial score (nSPS) is 20.9. The van der Waals surface area contributed by atoms with Gasteiger partial charge in [0.1, 0.15) is 18.5 Å². The van der Waals surface area contributed by atoms with Crippen LogP contribution in [-0.2, 0) is 0 Å². The van der Waals surface area contributed by atoms with Gasteiger partial charge in [-0.25, -0.2) is 0 Å². The summed E-state index contributed by atoms with van der Waals surface area (Å²) in [5, 5.41) is 14.5. The molecule has 1 saturated heterocycles. The Labute approximate surface area is 159 Å². The van der Waals surface area contributed by atoms with Crippen LogP contribution in [0.2, 0.25) is 0 Å². The van der Waals surface area contributed by atoms with Crippen LogP contribution in [0.15, 0.2) is 30.6 Å². The van der Waals surface area contributed by atoms with Crippen molar-refractivity contribution in [2.45, 2.75) is 31.4 Å². The smallest absolute Gasteiger partial charge is 0.485 e. The number of hydrogen-bond acceptors (Lipinski definition) is 7. The molecule has 11 heteroatoms. The molecule has 2 aliphatic heterocycles. The summed E-state index contributed by atoms with van der Waals surface area (Å²) in [6.07, 6.45) is 0.834. The number of benzene rings is 1. The Hall–Kier alpha value is -2.69. The van der Waals surface area contributed by atoms with Crippen molar-refractivity contribution in [3.8, 4) is 11.5 Å². The topological polar surface area (TPSA) is 80.1 Å². The van der Waals surface area contributed by atoms with Crippen LogP contribution >= 0.6 is 0 Å². The van der Waals surface area contributed by atoms with Crippen LogP contribution in [0.3, 0.4) is 0 Å². The largest absolute Gasteiger partial charge is 0.573 e. The molecule has 2 aliphatic rings. The van der Waals surface area contributed by atoms with Gasteiger partial charge in [-0.1, -0.05) is 0 Å². The minimum absolute atomic E-state index is 0.0648. The van der Waals surface area contributed by atoms with Crippen LogP contribution in [0.25, 0.3) is 0 Å². The fourth-order valence-corrected chi connectivity index (χ4v) is 3.46. The molecular weight excluding hydrogens is 381 g/mol. The van der Waals surface area contributed by atoms with Gasteiger partial charge in [0.05, 0.1) is 17.0 Å². The highest BCUT2D eigenvalue weighted by Gasteiger charge is 2.35. The van der Waals surface area contributed by atoms with Gasteiger partial charge in [0.15, 0.2) is 5.75 Å². The van der Waals surface area contributed by atoms with Crippen molar-refractivity contribution in [3.63, 3.8) is 0 Å². The first-order chi connectivity index (χ1) is 13.2. The van der Waals surface area contributed by atoms with Gasteiger partial charge in [-0.05, 0) is 38.1 Å². The lowest BCUT2D eigenvalue weighted by Crippen LogP contribution is -2.54. The van der Waals surface area contributed by atoms with Crippen LogP contribution < -0.4 is 14.8 Å². The predicted molar refractivity (Wildman–Crippen MR) is 93.7 cm³/mol. The number of halogens is 3. The molecule has 1 aromatic carbocycles. The minimum atomic E-state index is -4.93. The van der Waals surface area contributed by atoms with Gasteiger partial charge in [-0.2, -0.15) is 0 Å². The zero-order valence-corrected chi connectivity index (χ0v) is 15.2. The highest BCUT2D eigenvalue weighted by atomic mass is 19.4. The summed E-state index contributed by atoms with van der Waals surface area (Å²) in [4.78, 5) is 14.7. The average molecular weight is 402 g/mol. The summed E-state index contributed by atoms with van der Waals surface area (Å²) >= 11 is 0. The van der Waals surface area contributed by atoms with E-state index in [0.717, 1.165) is 44.1 Å². The zero-order valence-electron chi connectivity index (χ0n) is 15.2. The monoisotopic (exact) mass is 402 g/mol. The number of nitro benzene ring substituents is 1. The van der Waals surface area contributed by atoms with E-state index in [1.807, 2.05) is 24.3 Å². The Balaban J connectivity index is 1.76. The second-order valence-corrected chi connectivity index (χ2v) is 6.65. The molecule has 1 N–H and O–H groups in total. The Kier molecular flexibility index (Phi) is 5.82. The number of hydrogen-bond donors (Lipinski definition) is 1. The van der Waals surface area contributed by atoms with E-state index in [4.69, 9.17) is 4.74 Å². The molecule has 2 heterocycles. The SMILES string of the molecule is CN1C=CN[C@@H]1C(COc1ccc(OC(F)(F)F)cc1[N+](=O)[O-])N1CCCC1. The Morgan fingerprint density at radius 2 is 2.07 bits per heavy atom. The first-order valence-corrected chi connectivity index (χ1v) is 8.80. The summed E-state index contributed by atoms with van der Waals surface area (Å²) < 4.78 is 46.6. The van der Waals surface area contributed by atoms with Gasteiger partial charge < -0.3 is 19.7 Å². The van der Waals surface area contributed by atoms with Gasteiger partial charge >= 0.3 is 12.0 Å². The predicted octanol–water partition coefficient (Wildman–Crippen LogP) is 2.67. The number of nitrogens with one attached hydrogen (secondary N) is 1. The Morgan fingerprint density at radius 1 is 1.36 bits per heavy atom. The molecule has 28 heavy (non-hydrogen) atoms. The van der Waals surface area contributed by atoms with Crippen molar-refractivity contribution < 1.29 is 27.6 Å². The molecule has 2 atom stereocenters. The lowest BCUT2D eigenvalue weighted by Gasteiger charge is -2.36. The van der Waals surface area contributed by atoms with Crippen molar-refractivity contribution in [1.82, 2.24) is 15.1 Å². The van der Waals surface area contributed by atoms with Gasteiger partial charge in [-0.3, -0.25) is 15.0 Å². The Morgan fingerprint density at radius 3 is 2.64 bits per heavy atom. The first-order valence-electron chi connectivity index (χ1n) is 8.80. The van der Waals surface area contributed by atoms with E-state index in [0.29, 0.717) is 0 Å². The highest BCUT2D eigenvalue weighted by Crippen LogP contribution is 2.34. The second-order valence-electron chi connectivity index (χ2n) is 6.65. The average Bonchev–Trinajstić information content (AvgIpc) is 3.27. The van der Waals surface area contributed by atoms with Crippen LogP contribution in [-0.4, -0.2) is 60.0 Å². The quantitative estimate of drug-likeness (QED) is 0.555. The number of alkyl halides is 3. The van der Waals surface area contributed by atoms with E-state index in [9.17, 15) is 23.3 Å². The maximum absolute atomic E-state index is 12.4. The van der Waals surface area contributed by atoms with Crippen LogP contribution in [0.4, 0.5) is 18.9 Å². The molecule has 0 saturated carbocycles. The van der Waals surface area contributed by atoms with E-state index in [-0.39, 0.29) is 24.6 Å². The standard InChI is InChI=1S/C17H21F3N4O4/c1-22-9-6-21-16(22)14(23-7-2-3-8-23)11-27-15-5-4-12(28-17(18,19)20)10-13(15)24(25)26/h4-6,9-10,14,16,21H,2-3,7-8,11H2,1H3/t14?,16-/m0/s1. The third-order valence-corrected chi connectivity index (χ3v) is 4.76. The molecule has 0 aromatic heterocycles. The summed E-state index contributed by atoms with van der Waals surface area (Å²) in [6.45, 7) is 1.92. The molecule has 0 aliphatic carbocycles. The summed E-state index contributed by atoms with van der Waals surface area (Å²) in [5.41, 5.74) is -0.576. The van der Waals surface area contributed by atoms with Crippen LogP contribution in [0.5, 0.6) is 11.5 Å². The van der Waals surface area contributed by atoms with E-state index in [1.54, 1.807) is 0 Å². The van der Waals surface area contributed by atoms with Crippen LogP contribution in [0.1, 0.15) is 12.8 Å². The number of ether oxygens (including phenoxy) is 2. The third kappa shape index (κ3) is 4.77. The van der Waals surface area contributed by atoms with Crippen molar-refractivity contribution in [1.29, 1.82) is 0 Å². The van der Waals surface area contributed by atoms with Gasteiger partial charge in [0.2, 0.25) is 0 Å². The molecule has 1 unspecified atom stereocenters. The number of likely N-dealkylation sites (N-methyl/N-ethyl adjacent to an activating group) is 1. The first kappa shape index (κ1) is 20.1. The van der Waals surface area contributed by atoms with E-state index < -0.39 is 22.7 Å². The molecule has 0 radical (unpaired) electrons. The Bertz CT molecular complexity index is 738. The van der Waals surface area contributed by atoms with Gasteiger partial charge in [0.25, 0.3) is 0 Å². The fraction of sp³-hybridized carbons (Fsp3) is 0.529. The number of nitro groups is 1. The molecule has 1 fully saturated rings. The minimum Gasteiger partial charge on any atom is -0.485 e. The highest BCUT2D eigenvalue weighted by molar-refractivity contribution is 5.51. The molecule has 8 nitrogen and oxygen atoms in total. The van der Waals surface area contributed by atoms with Gasteiger partial charge in [-0.15, -0.1) is 13.2 Å². The van der Waals surface area contributed by atoms with Crippen LogP contribution in [0, 0.1) is 10.1 Å². The fourth-order valence-electron chi connectivity index (χ4n) is 3.46. The molecule has 0 bridgehead atoms. The summed E-state index contributed by atoms with van der Waals surface area (Å²) in [6, 6.07) is 2.76. The molecular formula is C17H21F3N4O4. The van der Waals surface area contributed by atoms with Crippen molar-refractivity contribution in [3.05, 3.63) is 40.7 Å². The van der Waals surface area contributed by atoms with E-state index in [2.05, 4.69) is 15.0 Å². The van der Waals surface area contributed by atoms with Crippen molar-refractivity contribution >= 4 is 5.69 Å². The van der Waals surface area contributed by atoms with E-state index >= 15 is 0 Å². The summed E-state index contributed by atoms with van der Waals surface area (Å²) in [5.74, 6) is -0.763. The molecule has 0 spiro atoms. The summed E-state index contributed by atoms with van der Waals surface area (Å²) in [7, 11) is 1.91. The lowest BCUT2D eigenvalue weighted by molar-refractivity contribution is -0.386. The lowest BCUT2D eigenvalue weighted by atomic mass is 10.2. The maximum Gasteiger partial charge on any atom is 0.573 e. The molecule has 1 aromatic rings. The van der Waals surface area contributed by atoms with E-state index in [1.165, 1.54) is 0 Å². The number of nitrogens with zero attached hydrogens (tertiary/aromatic N) is 3.